The number of fused-ring (bicyclic) bond motifs is 1. The van der Waals surface area contributed by atoms with E-state index in [0.717, 1.165) is 43.7 Å². The Morgan fingerprint density at radius 1 is 1.12 bits per heavy atom. The molecule has 1 fully saturated rings. The number of rotatable bonds is 5. The van der Waals surface area contributed by atoms with Crippen molar-refractivity contribution in [1.29, 1.82) is 0 Å². The van der Waals surface area contributed by atoms with Crippen LogP contribution in [-0.2, 0) is 13.1 Å². The van der Waals surface area contributed by atoms with Crippen LogP contribution in [-0.4, -0.2) is 42.0 Å². The molecule has 1 aliphatic heterocycles. The second-order valence-corrected chi connectivity index (χ2v) is 6.52. The van der Waals surface area contributed by atoms with E-state index in [1.165, 1.54) is 5.56 Å². The van der Waals surface area contributed by atoms with Gasteiger partial charge < -0.3 is 15.1 Å². The molecule has 1 aliphatic rings. The van der Waals surface area contributed by atoms with Gasteiger partial charge >= 0.3 is 0 Å². The van der Waals surface area contributed by atoms with E-state index in [0.29, 0.717) is 17.8 Å². The molecule has 1 aromatic carbocycles. The lowest BCUT2D eigenvalue weighted by atomic mass is 10.1. The fourth-order valence-electron chi connectivity index (χ4n) is 3.23. The van der Waals surface area contributed by atoms with Crippen LogP contribution >= 0.6 is 0 Å². The van der Waals surface area contributed by atoms with Crippen molar-refractivity contribution >= 4 is 16.9 Å². The number of nitrogens with zero attached hydrogens (tertiary/aromatic N) is 2. The summed E-state index contributed by atoms with van der Waals surface area (Å²) in [6, 6.07) is 11.9. The molecule has 0 unspecified atom stereocenters. The average Bonchev–Trinajstić information content (AvgIpc) is 3.17. The van der Waals surface area contributed by atoms with E-state index in [9.17, 15) is 4.79 Å². The van der Waals surface area contributed by atoms with E-state index in [-0.39, 0.29) is 5.91 Å². The summed E-state index contributed by atoms with van der Waals surface area (Å²) >= 11 is 0. The van der Waals surface area contributed by atoms with Crippen molar-refractivity contribution in [3.8, 4) is 0 Å². The third kappa shape index (κ3) is 3.76. The van der Waals surface area contributed by atoms with Gasteiger partial charge in [-0.1, -0.05) is 24.3 Å². The van der Waals surface area contributed by atoms with Crippen LogP contribution < -0.4 is 10.6 Å². The Hall–Kier alpha value is -2.70. The number of carbonyl (C=O) groups is 1. The second-order valence-electron chi connectivity index (χ2n) is 6.52. The van der Waals surface area contributed by atoms with Crippen LogP contribution in [0, 0.1) is 0 Å². The Bertz CT molecular complexity index is 882. The van der Waals surface area contributed by atoms with Crippen LogP contribution in [0.2, 0.25) is 0 Å². The van der Waals surface area contributed by atoms with Gasteiger partial charge in [0.25, 0.3) is 5.91 Å². The Labute approximate surface area is 152 Å². The molecule has 2 aromatic heterocycles. The number of amides is 1. The first-order valence-electron chi connectivity index (χ1n) is 8.91. The minimum atomic E-state index is -0.193. The van der Waals surface area contributed by atoms with Crippen molar-refractivity contribution < 1.29 is 9.21 Å². The number of hydrogen-bond acceptors (Lipinski definition) is 5. The molecule has 0 radical (unpaired) electrons. The Morgan fingerprint density at radius 2 is 1.88 bits per heavy atom. The predicted octanol–water partition coefficient (Wildman–Crippen LogP) is 2.16. The minimum absolute atomic E-state index is 0.193. The van der Waals surface area contributed by atoms with Gasteiger partial charge in [0.1, 0.15) is 11.3 Å². The topological polar surface area (TPSA) is 70.4 Å². The molecule has 3 heterocycles. The molecule has 2 N–H and O–H groups in total. The van der Waals surface area contributed by atoms with Crippen LogP contribution in [0.25, 0.3) is 11.0 Å². The van der Waals surface area contributed by atoms with Crippen molar-refractivity contribution in [2.24, 2.45) is 0 Å². The van der Waals surface area contributed by atoms with Crippen molar-refractivity contribution in [1.82, 2.24) is 20.5 Å². The van der Waals surface area contributed by atoms with Gasteiger partial charge in [-0.05, 0) is 23.3 Å². The van der Waals surface area contributed by atoms with Gasteiger partial charge in [-0.25, -0.2) is 0 Å². The van der Waals surface area contributed by atoms with Gasteiger partial charge in [0, 0.05) is 45.5 Å². The molecule has 134 valence electrons. The first-order valence-corrected chi connectivity index (χ1v) is 8.91. The Kier molecular flexibility index (Phi) is 4.95. The van der Waals surface area contributed by atoms with Crippen molar-refractivity contribution in [2.45, 2.75) is 13.1 Å². The highest BCUT2D eigenvalue weighted by molar-refractivity contribution is 6.03. The molecule has 1 saturated heterocycles. The fraction of sp³-hybridized carbons (Fsp3) is 0.300. The molecule has 1 amide bonds. The maximum Gasteiger partial charge on any atom is 0.270 e. The van der Waals surface area contributed by atoms with E-state index >= 15 is 0 Å². The highest BCUT2D eigenvalue weighted by Crippen LogP contribution is 2.17. The van der Waals surface area contributed by atoms with E-state index in [1.54, 1.807) is 24.6 Å². The summed E-state index contributed by atoms with van der Waals surface area (Å²) < 4.78 is 5.32. The van der Waals surface area contributed by atoms with E-state index < -0.39 is 0 Å². The molecule has 0 atom stereocenters. The molecule has 0 bridgehead atoms. The van der Waals surface area contributed by atoms with E-state index in [1.807, 2.05) is 0 Å². The molecule has 3 aromatic rings. The van der Waals surface area contributed by atoms with Crippen LogP contribution in [0.4, 0.5) is 0 Å². The van der Waals surface area contributed by atoms with Gasteiger partial charge in [-0.3, -0.25) is 14.7 Å². The lowest BCUT2D eigenvalue weighted by molar-refractivity contribution is 0.0947. The lowest BCUT2D eigenvalue weighted by Gasteiger charge is -2.27. The first-order chi connectivity index (χ1) is 12.8. The summed E-state index contributed by atoms with van der Waals surface area (Å²) in [7, 11) is 0. The van der Waals surface area contributed by atoms with Crippen molar-refractivity contribution in [2.75, 3.05) is 26.2 Å². The predicted molar refractivity (Wildman–Crippen MR) is 99.8 cm³/mol. The summed E-state index contributed by atoms with van der Waals surface area (Å²) in [5, 5.41) is 7.04. The van der Waals surface area contributed by atoms with Gasteiger partial charge in [-0.2, -0.15) is 0 Å². The normalized spacial score (nSPS) is 15.2. The molecule has 6 heteroatoms. The van der Waals surface area contributed by atoms with Crippen LogP contribution in [0.1, 0.15) is 21.6 Å². The Balaban J connectivity index is 1.35. The number of carbonyl (C=O) groups excluding carboxylic acids is 1. The quantitative estimate of drug-likeness (QED) is 0.738. The second kappa shape index (κ2) is 7.68. The monoisotopic (exact) mass is 350 g/mol. The zero-order valence-electron chi connectivity index (χ0n) is 14.6. The molecule has 6 nitrogen and oxygen atoms in total. The SMILES string of the molecule is O=C(NCc1ccc(CN2CCNCC2)cc1)c1nccc2occc12. The molecular weight excluding hydrogens is 328 g/mol. The van der Waals surface area contributed by atoms with Gasteiger partial charge in [0.15, 0.2) is 0 Å². The molecule has 4 rings (SSSR count). The summed E-state index contributed by atoms with van der Waals surface area (Å²) in [6.07, 6.45) is 3.16. The number of aromatic nitrogens is 1. The summed E-state index contributed by atoms with van der Waals surface area (Å²) in [4.78, 5) is 19.1. The molecule has 0 saturated carbocycles. The maximum atomic E-state index is 12.4. The smallest absolute Gasteiger partial charge is 0.270 e. The van der Waals surface area contributed by atoms with Gasteiger partial charge in [0.05, 0.1) is 11.6 Å². The van der Waals surface area contributed by atoms with E-state index in [2.05, 4.69) is 44.8 Å². The molecule has 0 spiro atoms. The fourth-order valence-corrected chi connectivity index (χ4v) is 3.23. The molecular formula is C20H22N4O2. The summed E-state index contributed by atoms with van der Waals surface area (Å²) in [5.41, 5.74) is 3.43. The average molecular weight is 350 g/mol. The standard InChI is InChI=1S/C20H22N4O2/c25-20(19-17-6-12-26-18(17)5-7-22-19)23-13-15-1-3-16(4-2-15)14-24-10-8-21-9-11-24/h1-7,12,21H,8-11,13-14H2,(H,23,25). The van der Waals surface area contributed by atoms with Crippen LogP contribution in [0.15, 0.2) is 53.3 Å². The minimum Gasteiger partial charge on any atom is -0.464 e. The van der Waals surface area contributed by atoms with Gasteiger partial charge in [-0.15, -0.1) is 0 Å². The Morgan fingerprint density at radius 3 is 2.69 bits per heavy atom. The zero-order valence-corrected chi connectivity index (χ0v) is 14.6. The number of hydrogen-bond donors (Lipinski definition) is 2. The molecule has 0 aliphatic carbocycles. The maximum absolute atomic E-state index is 12.4. The van der Waals surface area contributed by atoms with Crippen LogP contribution in [0.3, 0.4) is 0 Å². The molecule has 26 heavy (non-hydrogen) atoms. The number of nitrogens with one attached hydrogen (secondary N) is 2. The van der Waals surface area contributed by atoms with Crippen LogP contribution in [0.5, 0.6) is 0 Å². The van der Waals surface area contributed by atoms with Gasteiger partial charge in [0.2, 0.25) is 0 Å². The van der Waals surface area contributed by atoms with Crippen molar-refractivity contribution in [3.05, 3.63) is 65.7 Å². The number of furan rings is 1. The number of pyridine rings is 1. The largest absolute Gasteiger partial charge is 0.464 e. The van der Waals surface area contributed by atoms with Crippen molar-refractivity contribution in [3.63, 3.8) is 0 Å². The zero-order chi connectivity index (χ0) is 17.8. The first kappa shape index (κ1) is 16.8. The third-order valence-corrected chi connectivity index (χ3v) is 4.69. The number of piperazine rings is 1. The number of benzene rings is 1. The highest BCUT2D eigenvalue weighted by atomic mass is 16.3. The highest BCUT2D eigenvalue weighted by Gasteiger charge is 2.13. The summed E-state index contributed by atoms with van der Waals surface area (Å²) in [6.45, 7) is 5.74. The van der Waals surface area contributed by atoms with E-state index in [4.69, 9.17) is 4.42 Å². The lowest BCUT2D eigenvalue weighted by Crippen LogP contribution is -2.42. The third-order valence-electron chi connectivity index (χ3n) is 4.69. The summed E-state index contributed by atoms with van der Waals surface area (Å²) in [5.74, 6) is -0.193.